The highest BCUT2D eigenvalue weighted by atomic mass is 127. The lowest BCUT2D eigenvalue weighted by Gasteiger charge is -2.42. The van der Waals surface area contributed by atoms with Crippen LogP contribution >= 0.6 is 35.7 Å². The molecule has 2 aliphatic rings. The molecule has 6 nitrogen and oxygen atoms in total. The Morgan fingerprint density at radius 3 is 2.81 bits per heavy atom. The monoisotopic (exact) mass is 557 g/mol. The third kappa shape index (κ3) is 6.30. The number of fused-ring (bicyclic) bond motifs is 1. The topological polar surface area (TPSA) is 53.8 Å². The van der Waals surface area contributed by atoms with Crippen molar-refractivity contribution in [3.05, 3.63) is 36.5 Å². The summed E-state index contributed by atoms with van der Waals surface area (Å²) in [5.41, 5.74) is 1.50. The summed E-state index contributed by atoms with van der Waals surface area (Å²) in [5, 5.41) is 8.29. The zero-order valence-corrected chi connectivity index (χ0v) is 21.7. The van der Waals surface area contributed by atoms with E-state index >= 15 is 0 Å². The maximum atomic E-state index is 5.58. The van der Waals surface area contributed by atoms with E-state index < -0.39 is 0 Å². The predicted molar refractivity (Wildman–Crippen MR) is 143 cm³/mol. The van der Waals surface area contributed by atoms with Gasteiger partial charge in [-0.05, 0) is 43.0 Å². The fourth-order valence-corrected chi connectivity index (χ4v) is 5.93. The van der Waals surface area contributed by atoms with Crippen LogP contribution in [0.2, 0.25) is 0 Å². The molecule has 0 bridgehead atoms. The molecule has 2 aromatic rings. The molecular formula is C23H36IN5OS. The number of nitrogens with zero attached hydrogens (tertiary/aromatic N) is 3. The van der Waals surface area contributed by atoms with E-state index in [1.165, 1.54) is 28.8 Å². The highest BCUT2D eigenvalue weighted by Crippen LogP contribution is 2.34. The molecule has 2 saturated heterocycles. The molecule has 8 heteroatoms. The summed E-state index contributed by atoms with van der Waals surface area (Å²) in [5.74, 6) is 3.36. The van der Waals surface area contributed by atoms with Crippen molar-refractivity contribution in [3.63, 3.8) is 0 Å². The molecule has 3 heterocycles. The van der Waals surface area contributed by atoms with Crippen LogP contribution in [-0.4, -0.2) is 78.4 Å². The molecule has 1 aromatic carbocycles. The Labute approximate surface area is 207 Å². The number of aryl methyl sites for hydroxylation is 1. The molecule has 172 valence electrons. The number of nitrogens with one attached hydrogen (secondary N) is 2. The van der Waals surface area contributed by atoms with E-state index in [1.807, 2.05) is 0 Å². The van der Waals surface area contributed by atoms with Crippen LogP contribution < -0.4 is 10.6 Å². The summed E-state index contributed by atoms with van der Waals surface area (Å²) in [7, 11) is 0. The first-order valence-electron chi connectivity index (χ1n) is 11.3. The van der Waals surface area contributed by atoms with Gasteiger partial charge in [0, 0.05) is 50.2 Å². The van der Waals surface area contributed by atoms with E-state index in [9.17, 15) is 0 Å². The van der Waals surface area contributed by atoms with Gasteiger partial charge in [0.2, 0.25) is 0 Å². The van der Waals surface area contributed by atoms with Gasteiger partial charge in [0.05, 0.1) is 25.3 Å². The standard InChI is InChI=1S/C23H35N5OS.HI/c1-2-24-22(25-10-5-11-27-12-8-20-6-3-4-7-21(20)27)26-18-23(9-17-30-19-23)28-13-15-29-16-14-28;/h3-4,6-8,12H,2,5,9-11,13-19H2,1H3,(H2,24,25,26);1H. The molecule has 1 aromatic heterocycles. The molecule has 2 aliphatic heterocycles. The minimum atomic E-state index is 0. The molecule has 0 radical (unpaired) electrons. The lowest BCUT2D eigenvalue weighted by Crippen LogP contribution is -2.56. The first-order chi connectivity index (χ1) is 14.8. The number of thioether (sulfide) groups is 1. The van der Waals surface area contributed by atoms with Crippen molar-refractivity contribution < 1.29 is 4.74 Å². The van der Waals surface area contributed by atoms with Crippen molar-refractivity contribution in [1.82, 2.24) is 20.1 Å². The number of guanidine groups is 1. The Kier molecular flexibility index (Phi) is 9.80. The largest absolute Gasteiger partial charge is 0.379 e. The summed E-state index contributed by atoms with van der Waals surface area (Å²) >= 11 is 2.07. The number of rotatable bonds is 8. The van der Waals surface area contributed by atoms with Crippen molar-refractivity contribution in [1.29, 1.82) is 0 Å². The van der Waals surface area contributed by atoms with Crippen molar-refractivity contribution in [2.24, 2.45) is 4.99 Å². The van der Waals surface area contributed by atoms with E-state index in [-0.39, 0.29) is 29.5 Å². The summed E-state index contributed by atoms with van der Waals surface area (Å²) in [6, 6.07) is 10.8. The van der Waals surface area contributed by atoms with Gasteiger partial charge in [-0.15, -0.1) is 24.0 Å². The van der Waals surface area contributed by atoms with E-state index in [4.69, 9.17) is 9.73 Å². The SMILES string of the molecule is CCNC(=NCC1(N2CCOCC2)CCSC1)NCCCn1ccc2ccccc21.I. The molecule has 4 rings (SSSR count). The van der Waals surface area contributed by atoms with Gasteiger partial charge in [-0.2, -0.15) is 11.8 Å². The van der Waals surface area contributed by atoms with E-state index in [1.54, 1.807) is 0 Å². The summed E-state index contributed by atoms with van der Waals surface area (Å²) in [6.45, 7) is 9.56. The van der Waals surface area contributed by atoms with E-state index in [0.717, 1.165) is 64.9 Å². The Hall–Kier alpha value is -0.970. The van der Waals surface area contributed by atoms with Crippen LogP contribution in [0.5, 0.6) is 0 Å². The summed E-state index contributed by atoms with van der Waals surface area (Å²) in [6.07, 6.45) is 4.47. The van der Waals surface area contributed by atoms with E-state index in [2.05, 4.69) is 75.3 Å². The Morgan fingerprint density at radius 2 is 2.03 bits per heavy atom. The fourth-order valence-electron chi connectivity index (χ4n) is 4.47. The van der Waals surface area contributed by atoms with Gasteiger partial charge in [-0.25, -0.2) is 0 Å². The molecule has 0 aliphatic carbocycles. The smallest absolute Gasteiger partial charge is 0.191 e. The lowest BCUT2D eigenvalue weighted by molar-refractivity contribution is -0.0104. The molecule has 2 N–H and O–H groups in total. The number of para-hydroxylation sites is 1. The maximum absolute atomic E-state index is 5.58. The third-order valence-corrected chi connectivity index (χ3v) is 7.42. The minimum Gasteiger partial charge on any atom is -0.379 e. The third-order valence-electron chi connectivity index (χ3n) is 6.19. The second kappa shape index (κ2) is 12.3. The van der Waals surface area contributed by atoms with Gasteiger partial charge in [0.15, 0.2) is 5.96 Å². The van der Waals surface area contributed by atoms with Gasteiger partial charge in [-0.3, -0.25) is 9.89 Å². The second-order valence-electron chi connectivity index (χ2n) is 8.17. The second-order valence-corrected chi connectivity index (χ2v) is 9.27. The number of aliphatic imine (C=N–C) groups is 1. The molecular weight excluding hydrogens is 521 g/mol. The molecule has 1 unspecified atom stereocenters. The van der Waals surface area contributed by atoms with Gasteiger partial charge in [0.25, 0.3) is 0 Å². The molecule has 0 amide bonds. The predicted octanol–water partition coefficient (Wildman–Crippen LogP) is 3.41. The van der Waals surface area contributed by atoms with Crippen LogP contribution in [0.4, 0.5) is 0 Å². The first-order valence-corrected chi connectivity index (χ1v) is 12.4. The van der Waals surface area contributed by atoms with Crippen molar-refractivity contribution in [2.45, 2.75) is 31.8 Å². The summed E-state index contributed by atoms with van der Waals surface area (Å²) < 4.78 is 7.92. The number of benzene rings is 1. The average Bonchev–Trinajstić information content (AvgIpc) is 3.44. The normalized spacial score (nSPS) is 22.4. The zero-order chi connectivity index (χ0) is 20.7. The Bertz CT molecular complexity index is 830. The average molecular weight is 558 g/mol. The number of ether oxygens (including phenoxy) is 1. The van der Waals surface area contributed by atoms with Gasteiger partial charge < -0.3 is 19.9 Å². The van der Waals surface area contributed by atoms with Crippen LogP contribution in [0.3, 0.4) is 0 Å². The number of morpholine rings is 1. The molecule has 2 fully saturated rings. The number of halogens is 1. The fraction of sp³-hybridized carbons (Fsp3) is 0.609. The zero-order valence-electron chi connectivity index (χ0n) is 18.5. The van der Waals surface area contributed by atoms with Gasteiger partial charge in [0.1, 0.15) is 0 Å². The number of hydrogen-bond donors (Lipinski definition) is 2. The Morgan fingerprint density at radius 1 is 1.19 bits per heavy atom. The minimum absolute atomic E-state index is 0. The van der Waals surface area contributed by atoms with Gasteiger partial charge in [-0.1, -0.05) is 18.2 Å². The quantitative estimate of drug-likeness (QED) is 0.226. The molecule has 31 heavy (non-hydrogen) atoms. The highest BCUT2D eigenvalue weighted by Gasteiger charge is 2.40. The van der Waals surface area contributed by atoms with Crippen molar-refractivity contribution >= 4 is 52.6 Å². The van der Waals surface area contributed by atoms with Crippen LogP contribution in [0.15, 0.2) is 41.5 Å². The summed E-state index contributed by atoms with van der Waals surface area (Å²) in [4.78, 5) is 7.64. The van der Waals surface area contributed by atoms with Crippen LogP contribution in [0, 0.1) is 0 Å². The van der Waals surface area contributed by atoms with Gasteiger partial charge >= 0.3 is 0 Å². The van der Waals surface area contributed by atoms with Crippen LogP contribution in [0.25, 0.3) is 10.9 Å². The first kappa shape index (κ1) is 24.7. The molecule has 1 atom stereocenters. The Balaban J connectivity index is 0.00000272. The number of hydrogen-bond acceptors (Lipinski definition) is 4. The lowest BCUT2D eigenvalue weighted by atomic mass is 9.96. The van der Waals surface area contributed by atoms with Crippen LogP contribution in [-0.2, 0) is 11.3 Å². The molecule has 0 spiro atoms. The number of aromatic nitrogens is 1. The van der Waals surface area contributed by atoms with Crippen molar-refractivity contribution in [3.8, 4) is 0 Å². The highest BCUT2D eigenvalue weighted by molar-refractivity contribution is 14.0. The maximum Gasteiger partial charge on any atom is 0.191 e. The molecule has 0 saturated carbocycles. The van der Waals surface area contributed by atoms with E-state index in [0.29, 0.717) is 0 Å². The van der Waals surface area contributed by atoms with Crippen molar-refractivity contribution in [2.75, 3.05) is 57.4 Å². The van der Waals surface area contributed by atoms with Crippen LogP contribution in [0.1, 0.15) is 19.8 Å².